The number of hydrogen-bond donors (Lipinski definition) is 1. The van der Waals surface area contributed by atoms with Crippen molar-refractivity contribution >= 4 is 34.1 Å². The molecule has 6 heteroatoms. The highest BCUT2D eigenvalue weighted by molar-refractivity contribution is 7.99. The first-order valence-corrected chi connectivity index (χ1v) is 13.9. The van der Waals surface area contributed by atoms with E-state index in [0.29, 0.717) is 16.2 Å². The predicted octanol–water partition coefficient (Wildman–Crippen LogP) is 8.56. The third-order valence-electron chi connectivity index (χ3n) is 6.10. The highest BCUT2D eigenvalue weighted by atomic mass is 32.2. The molecule has 0 saturated heterocycles. The summed E-state index contributed by atoms with van der Waals surface area (Å²) in [5, 5.41) is 13.8. The Labute approximate surface area is 218 Å². The van der Waals surface area contributed by atoms with Gasteiger partial charge in [-0.1, -0.05) is 68.3 Å². The molecule has 182 valence electrons. The predicted molar refractivity (Wildman–Crippen MR) is 149 cm³/mol. The SMILES string of the molecule is CCCCCCc1cc2cc(-c3nc(-c4ccc(Sc5ccccc5)cc4)cs3)c(=O)oc2cc1O. The smallest absolute Gasteiger partial charge is 0.346 e. The minimum absolute atomic E-state index is 0.181. The molecule has 4 nitrogen and oxygen atoms in total. The standard InChI is InChI=1S/C30H27NO3S2/c1-2-3-4-6-9-21-16-22-17-25(30(33)34-28(22)18-27(21)32)29-31-26(19-35-29)20-12-14-24(15-13-20)36-23-10-7-5-8-11-23/h5,7-8,10-19,32H,2-4,6,9H2,1H3. The Balaban J connectivity index is 1.38. The van der Waals surface area contributed by atoms with Crippen molar-refractivity contribution in [1.82, 2.24) is 4.98 Å². The van der Waals surface area contributed by atoms with Gasteiger partial charge in [-0.05, 0) is 54.8 Å². The zero-order valence-electron chi connectivity index (χ0n) is 20.1. The van der Waals surface area contributed by atoms with E-state index in [0.717, 1.165) is 46.4 Å². The summed E-state index contributed by atoms with van der Waals surface area (Å²) in [5.41, 5.74) is 3.09. The summed E-state index contributed by atoms with van der Waals surface area (Å²) in [6.45, 7) is 2.18. The molecule has 0 aliphatic heterocycles. The van der Waals surface area contributed by atoms with Crippen LogP contribution >= 0.6 is 23.1 Å². The molecule has 0 atom stereocenters. The normalized spacial score (nSPS) is 11.2. The first kappa shape index (κ1) is 24.3. The Morgan fingerprint density at radius 1 is 0.944 bits per heavy atom. The monoisotopic (exact) mass is 513 g/mol. The Hall–Kier alpha value is -3.35. The molecular formula is C30H27NO3S2. The third kappa shape index (κ3) is 5.55. The van der Waals surface area contributed by atoms with E-state index in [1.165, 1.54) is 29.1 Å². The van der Waals surface area contributed by atoms with Gasteiger partial charge >= 0.3 is 5.63 Å². The van der Waals surface area contributed by atoms with Crippen molar-refractivity contribution in [1.29, 1.82) is 0 Å². The molecule has 0 spiro atoms. The maximum absolute atomic E-state index is 12.8. The van der Waals surface area contributed by atoms with Crippen molar-refractivity contribution in [3.8, 4) is 27.6 Å². The van der Waals surface area contributed by atoms with Gasteiger partial charge in [-0.15, -0.1) is 11.3 Å². The molecule has 0 aliphatic carbocycles. The van der Waals surface area contributed by atoms with Crippen molar-refractivity contribution in [2.24, 2.45) is 0 Å². The lowest BCUT2D eigenvalue weighted by Crippen LogP contribution is -2.02. The van der Waals surface area contributed by atoms with Crippen LogP contribution in [-0.4, -0.2) is 10.1 Å². The summed E-state index contributed by atoms with van der Waals surface area (Å²) >= 11 is 3.14. The summed E-state index contributed by atoms with van der Waals surface area (Å²) in [7, 11) is 0. The van der Waals surface area contributed by atoms with E-state index in [2.05, 4.69) is 43.3 Å². The van der Waals surface area contributed by atoms with E-state index in [4.69, 9.17) is 9.40 Å². The number of aromatic hydroxyl groups is 1. The summed E-state index contributed by atoms with van der Waals surface area (Å²) in [6, 6.07) is 23.9. The molecule has 2 heterocycles. The minimum atomic E-state index is -0.451. The van der Waals surface area contributed by atoms with Gasteiger partial charge in [0.15, 0.2) is 0 Å². The molecule has 0 bridgehead atoms. The van der Waals surface area contributed by atoms with Crippen LogP contribution in [0.4, 0.5) is 0 Å². The number of unbranched alkanes of at least 4 members (excludes halogenated alkanes) is 3. The van der Waals surface area contributed by atoms with Gasteiger partial charge in [-0.2, -0.15) is 0 Å². The Bertz CT molecular complexity index is 1520. The van der Waals surface area contributed by atoms with Crippen molar-refractivity contribution in [2.75, 3.05) is 0 Å². The second kappa shape index (κ2) is 11.1. The molecule has 0 fully saturated rings. The maximum Gasteiger partial charge on any atom is 0.346 e. The van der Waals surface area contributed by atoms with Crippen LogP contribution in [0.25, 0.3) is 32.8 Å². The average Bonchev–Trinajstić information content (AvgIpc) is 3.38. The van der Waals surface area contributed by atoms with Crippen molar-refractivity contribution in [3.63, 3.8) is 0 Å². The van der Waals surface area contributed by atoms with Crippen molar-refractivity contribution in [2.45, 2.75) is 48.8 Å². The van der Waals surface area contributed by atoms with Gasteiger partial charge in [0.2, 0.25) is 0 Å². The number of nitrogens with zero attached hydrogens (tertiary/aromatic N) is 1. The van der Waals surface area contributed by atoms with Crippen LogP contribution in [0.3, 0.4) is 0 Å². The highest BCUT2D eigenvalue weighted by Crippen LogP contribution is 2.33. The number of phenolic OH excluding ortho intramolecular Hbond substituents is 1. The van der Waals surface area contributed by atoms with Gasteiger partial charge in [0.25, 0.3) is 0 Å². The quantitative estimate of drug-likeness (QED) is 0.158. The van der Waals surface area contributed by atoms with Crippen molar-refractivity contribution in [3.05, 3.63) is 94.2 Å². The maximum atomic E-state index is 12.8. The van der Waals surface area contributed by atoms with Crippen LogP contribution in [-0.2, 0) is 6.42 Å². The van der Waals surface area contributed by atoms with Gasteiger partial charge in [0.05, 0.1) is 11.3 Å². The molecule has 0 amide bonds. The van der Waals surface area contributed by atoms with E-state index in [1.54, 1.807) is 17.8 Å². The van der Waals surface area contributed by atoms with Crippen LogP contribution in [0.1, 0.15) is 38.2 Å². The molecule has 0 saturated carbocycles. The fourth-order valence-corrected chi connectivity index (χ4v) is 5.81. The second-order valence-corrected chi connectivity index (χ2v) is 10.8. The first-order chi connectivity index (χ1) is 17.6. The third-order valence-corrected chi connectivity index (χ3v) is 7.99. The largest absolute Gasteiger partial charge is 0.508 e. The zero-order chi connectivity index (χ0) is 24.9. The number of phenols is 1. The molecule has 5 rings (SSSR count). The van der Waals surface area contributed by atoms with Gasteiger partial charge in [0, 0.05) is 32.2 Å². The summed E-state index contributed by atoms with van der Waals surface area (Å²) < 4.78 is 5.56. The van der Waals surface area contributed by atoms with Gasteiger partial charge in [-0.25, -0.2) is 9.78 Å². The summed E-state index contributed by atoms with van der Waals surface area (Å²) in [6.07, 6.45) is 5.32. The number of rotatable bonds is 9. The van der Waals surface area contributed by atoms with E-state index >= 15 is 0 Å². The summed E-state index contributed by atoms with van der Waals surface area (Å²) in [4.78, 5) is 19.9. The molecule has 0 radical (unpaired) electrons. The molecule has 1 N–H and O–H groups in total. The number of aromatic nitrogens is 1. The van der Waals surface area contributed by atoms with Crippen LogP contribution in [0, 0.1) is 0 Å². The number of hydrogen-bond acceptors (Lipinski definition) is 6. The lowest BCUT2D eigenvalue weighted by Gasteiger charge is -2.07. The van der Waals surface area contributed by atoms with Crippen LogP contribution in [0.2, 0.25) is 0 Å². The number of aryl methyl sites for hydroxylation is 1. The lowest BCUT2D eigenvalue weighted by atomic mass is 10.0. The van der Waals surface area contributed by atoms with Gasteiger partial charge in [0.1, 0.15) is 16.3 Å². The zero-order valence-corrected chi connectivity index (χ0v) is 21.7. The van der Waals surface area contributed by atoms with Crippen molar-refractivity contribution < 1.29 is 9.52 Å². The van der Waals surface area contributed by atoms with Crippen LogP contribution in [0.15, 0.2) is 97.2 Å². The summed E-state index contributed by atoms with van der Waals surface area (Å²) in [5.74, 6) is 0.181. The number of fused-ring (bicyclic) bond motifs is 1. The van der Waals surface area contributed by atoms with Gasteiger partial charge < -0.3 is 9.52 Å². The first-order valence-electron chi connectivity index (χ1n) is 12.2. The van der Waals surface area contributed by atoms with E-state index < -0.39 is 5.63 Å². The molecule has 3 aromatic carbocycles. The van der Waals surface area contributed by atoms with Gasteiger partial charge in [-0.3, -0.25) is 0 Å². The fraction of sp³-hybridized carbons (Fsp3) is 0.200. The molecule has 0 unspecified atom stereocenters. The number of benzene rings is 3. The molecule has 5 aromatic rings. The Kier molecular flexibility index (Phi) is 7.54. The molecular weight excluding hydrogens is 486 g/mol. The molecule has 36 heavy (non-hydrogen) atoms. The average molecular weight is 514 g/mol. The van der Waals surface area contributed by atoms with E-state index in [9.17, 15) is 9.90 Å². The van der Waals surface area contributed by atoms with Crippen LogP contribution < -0.4 is 5.63 Å². The second-order valence-electron chi connectivity index (χ2n) is 8.75. The minimum Gasteiger partial charge on any atom is -0.508 e. The topological polar surface area (TPSA) is 63.3 Å². The lowest BCUT2D eigenvalue weighted by molar-refractivity contribution is 0.464. The Morgan fingerprint density at radius 2 is 1.72 bits per heavy atom. The van der Waals surface area contributed by atoms with E-state index in [-0.39, 0.29) is 5.75 Å². The Morgan fingerprint density at radius 3 is 2.50 bits per heavy atom. The van der Waals surface area contributed by atoms with E-state index in [1.807, 2.05) is 35.7 Å². The van der Waals surface area contributed by atoms with Crippen LogP contribution in [0.5, 0.6) is 5.75 Å². The highest BCUT2D eigenvalue weighted by Gasteiger charge is 2.15. The molecule has 0 aliphatic rings. The fourth-order valence-electron chi connectivity index (χ4n) is 4.14. The molecule has 2 aromatic heterocycles. The number of thiazole rings is 1.